The Hall–Kier alpha value is -2.90. The fourth-order valence-electron chi connectivity index (χ4n) is 1.99. The highest BCUT2D eigenvalue weighted by molar-refractivity contribution is 7.60. The zero-order valence-electron chi connectivity index (χ0n) is 14.3. The van der Waals surface area contributed by atoms with E-state index >= 15 is 0 Å². The number of benzene rings is 2. The Morgan fingerprint density at radius 3 is 2.32 bits per heavy atom. The molecule has 2 aromatic rings. The van der Waals surface area contributed by atoms with E-state index in [4.69, 9.17) is 34.9 Å². The molecule has 28 heavy (non-hydrogen) atoms. The monoisotopic (exact) mass is 431 g/mol. The Morgan fingerprint density at radius 2 is 1.82 bits per heavy atom. The predicted molar refractivity (Wildman–Crippen MR) is 96.3 cm³/mol. The van der Waals surface area contributed by atoms with Gasteiger partial charge in [0.2, 0.25) is 0 Å². The minimum atomic E-state index is -4.51. The van der Waals surface area contributed by atoms with Crippen LogP contribution in [0.1, 0.15) is 29.2 Å². The van der Waals surface area contributed by atoms with Crippen LogP contribution in [0.5, 0.6) is 0 Å². The first kappa shape index (κ1) is 23.1. The van der Waals surface area contributed by atoms with Gasteiger partial charge in [0.15, 0.2) is 0 Å². The van der Waals surface area contributed by atoms with Crippen molar-refractivity contribution in [2.45, 2.75) is 19.7 Å². The van der Waals surface area contributed by atoms with E-state index in [-0.39, 0.29) is 22.9 Å². The van der Waals surface area contributed by atoms with Gasteiger partial charge in [-0.3, -0.25) is 0 Å². The summed E-state index contributed by atoms with van der Waals surface area (Å²) in [5.41, 5.74) is 0.364. The van der Waals surface area contributed by atoms with Crippen molar-refractivity contribution < 1.29 is 26.4 Å². The molecule has 2 aromatic carbocycles. The van der Waals surface area contributed by atoms with Gasteiger partial charge in [-0.25, -0.2) is 0 Å². The highest BCUT2D eigenvalue weighted by atomic mass is 35.5. The Bertz CT molecular complexity index is 993. The molecule has 11 heteroatoms. The van der Waals surface area contributed by atoms with Crippen LogP contribution < -0.4 is 0 Å². The average molecular weight is 432 g/mol. The SMILES string of the molecule is C/C(=N\OCc1ccc(C#N)cc1)c1cc(Cl)ccc1C(F)(F)F.N=S(=O)=O. The molecule has 6 nitrogen and oxygen atoms in total. The van der Waals surface area contributed by atoms with E-state index in [0.29, 0.717) is 5.56 Å². The maximum Gasteiger partial charge on any atom is 0.417 e. The Kier molecular flexibility index (Phi) is 8.63. The Labute approximate surface area is 165 Å². The van der Waals surface area contributed by atoms with Crippen LogP contribution >= 0.6 is 11.6 Å². The van der Waals surface area contributed by atoms with E-state index in [1.165, 1.54) is 19.1 Å². The Morgan fingerprint density at radius 1 is 1.25 bits per heavy atom. The summed E-state index contributed by atoms with van der Waals surface area (Å²) in [6, 6.07) is 11.9. The molecule has 0 heterocycles. The molecule has 0 bridgehead atoms. The smallest absolute Gasteiger partial charge is 0.391 e. The van der Waals surface area contributed by atoms with E-state index in [1.807, 2.05) is 6.07 Å². The van der Waals surface area contributed by atoms with Crippen LogP contribution in [0.2, 0.25) is 5.02 Å². The maximum atomic E-state index is 13.0. The topological polar surface area (TPSA) is 103 Å². The number of rotatable bonds is 4. The summed E-state index contributed by atoms with van der Waals surface area (Å²) in [6.07, 6.45) is -4.51. The molecule has 0 atom stereocenters. The molecule has 0 aliphatic heterocycles. The van der Waals surface area contributed by atoms with Gasteiger partial charge < -0.3 is 4.84 Å². The van der Waals surface area contributed by atoms with Crippen LogP contribution in [0.4, 0.5) is 13.2 Å². The van der Waals surface area contributed by atoms with Gasteiger partial charge in [0, 0.05) is 10.6 Å². The van der Waals surface area contributed by atoms with Crippen LogP contribution in [0.3, 0.4) is 0 Å². The molecule has 0 aliphatic rings. The van der Waals surface area contributed by atoms with Gasteiger partial charge in [-0.15, -0.1) is 0 Å². The van der Waals surface area contributed by atoms with Crippen LogP contribution in [0.15, 0.2) is 47.6 Å². The Balaban J connectivity index is 0.000000892. The number of alkyl halides is 3. The molecule has 0 amide bonds. The fraction of sp³-hybridized carbons (Fsp3) is 0.176. The molecule has 148 valence electrons. The van der Waals surface area contributed by atoms with Crippen LogP contribution in [-0.4, -0.2) is 14.1 Å². The van der Waals surface area contributed by atoms with Gasteiger partial charge in [-0.1, -0.05) is 28.9 Å². The van der Waals surface area contributed by atoms with Crippen molar-refractivity contribution in [2.24, 2.45) is 5.16 Å². The molecule has 0 saturated carbocycles. The first-order valence-corrected chi connectivity index (χ1v) is 8.83. The van der Waals surface area contributed by atoms with Crippen molar-refractivity contribution in [2.75, 3.05) is 0 Å². The summed E-state index contributed by atoms with van der Waals surface area (Å²) >= 11 is 5.78. The highest BCUT2D eigenvalue weighted by Gasteiger charge is 2.34. The van der Waals surface area contributed by atoms with E-state index in [9.17, 15) is 13.2 Å². The van der Waals surface area contributed by atoms with Crippen molar-refractivity contribution >= 4 is 27.8 Å². The van der Waals surface area contributed by atoms with Crippen molar-refractivity contribution in [1.29, 1.82) is 10.0 Å². The lowest BCUT2D eigenvalue weighted by Gasteiger charge is -2.12. The lowest BCUT2D eigenvalue weighted by Crippen LogP contribution is -2.12. The molecule has 0 unspecified atom stereocenters. The first-order valence-electron chi connectivity index (χ1n) is 7.37. The first-order chi connectivity index (χ1) is 13.0. The molecule has 0 spiro atoms. The second-order valence-corrected chi connectivity index (χ2v) is 6.09. The van der Waals surface area contributed by atoms with Crippen LogP contribution in [0, 0.1) is 16.1 Å². The zero-order chi connectivity index (χ0) is 21.3. The molecule has 1 N–H and O–H groups in total. The lowest BCUT2D eigenvalue weighted by molar-refractivity contribution is -0.137. The molecular formula is C17H13ClF3N3O3S. The van der Waals surface area contributed by atoms with Gasteiger partial charge in [0.25, 0.3) is 0 Å². The van der Waals surface area contributed by atoms with Crippen LogP contribution in [0.25, 0.3) is 0 Å². The third-order valence-corrected chi connectivity index (χ3v) is 3.43. The largest absolute Gasteiger partial charge is 0.417 e. The quantitative estimate of drug-likeness (QED) is 0.554. The predicted octanol–water partition coefficient (Wildman–Crippen LogP) is 4.80. The lowest BCUT2D eigenvalue weighted by atomic mass is 10.0. The summed E-state index contributed by atoms with van der Waals surface area (Å²) in [7, 11) is -2.61. The number of nitrogens with one attached hydrogen (secondary N) is 1. The summed E-state index contributed by atoms with van der Waals surface area (Å²) in [6.45, 7) is 1.49. The number of oxime groups is 1. The van der Waals surface area contributed by atoms with Gasteiger partial charge in [0.1, 0.15) is 6.61 Å². The molecule has 2 rings (SSSR count). The molecule has 0 radical (unpaired) electrons. The van der Waals surface area contributed by atoms with Crippen LogP contribution in [-0.2, 0) is 28.1 Å². The maximum absolute atomic E-state index is 13.0. The fourth-order valence-corrected chi connectivity index (χ4v) is 2.16. The van der Waals surface area contributed by atoms with E-state index < -0.39 is 22.2 Å². The van der Waals surface area contributed by atoms with E-state index in [2.05, 4.69) is 5.16 Å². The average Bonchev–Trinajstić information content (AvgIpc) is 2.60. The third kappa shape index (κ3) is 7.77. The number of nitrogens with zero attached hydrogens (tertiary/aromatic N) is 2. The standard InChI is InChI=1S/C17H12ClF3N2O.HNO2S/c1-11(15-8-14(18)6-7-16(15)17(19,20)21)23-24-10-13-4-2-12(9-22)3-5-13;1-4(2)3/h2-8H,10H2,1H3;1H/b23-11+;. The highest BCUT2D eigenvalue weighted by Crippen LogP contribution is 2.33. The van der Waals surface area contributed by atoms with Crippen molar-refractivity contribution in [3.8, 4) is 6.07 Å². The minimum absolute atomic E-state index is 0.0680. The number of nitriles is 1. The molecular weight excluding hydrogens is 419 g/mol. The second-order valence-electron chi connectivity index (χ2n) is 5.18. The van der Waals surface area contributed by atoms with Gasteiger partial charge in [0.05, 0.1) is 22.9 Å². The summed E-state index contributed by atoms with van der Waals surface area (Å²) in [4.78, 5) is 5.11. The van der Waals surface area contributed by atoms with E-state index in [0.717, 1.165) is 11.6 Å². The van der Waals surface area contributed by atoms with Crippen molar-refractivity contribution in [1.82, 2.24) is 0 Å². The summed E-state index contributed by atoms with van der Waals surface area (Å²) < 4.78 is 61.9. The van der Waals surface area contributed by atoms with Crippen molar-refractivity contribution in [3.63, 3.8) is 0 Å². The number of hydrogen-bond donors (Lipinski definition) is 1. The third-order valence-electron chi connectivity index (χ3n) is 3.19. The van der Waals surface area contributed by atoms with E-state index in [1.54, 1.807) is 24.3 Å². The van der Waals surface area contributed by atoms with Crippen molar-refractivity contribution in [3.05, 3.63) is 69.7 Å². The number of hydrogen-bond acceptors (Lipinski definition) is 6. The molecule has 0 fully saturated rings. The normalized spacial score (nSPS) is 11.1. The summed E-state index contributed by atoms with van der Waals surface area (Å²) in [5.74, 6) is 0. The summed E-state index contributed by atoms with van der Waals surface area (Å²) in [5, 5.41) is 12.6. The van der Waals surface area contributed by atoms with Gasteiger partial charge in [-0.2, -0.15) is 31.6 Å². The number of halogens is 4. The second kappa shape index (κ2) is 10.4. The molecule has 0 saturated heterocycles. The molecule has 0 aromatic heterocycles. The molecule has 0 aliphatic carbocycles. The minimum Gasteiger partial charge on any atom is -0.391 e. The van der Waals surface area contributed by atoms with Gasteiger partial charge in [-0.05, 0) is 42.8 Å². The zero-order valence-corrected chi connectivity index (χ0v) is 15.9. The van der Waals surface area contributed by atoms with Gasteiger partial charge >= 0.3 is 16.7 Å².